The third-order valence-corrected chi connectivity index (χ3v) is 4.16. The largest absolute Gasteiger partial charge is 0.480 e. The Morgan fingerprint density at radius 1 is 1.27 bits per heavy atom. The van der Waals surface area contributed by atoms with E-state index in [2.05, 4.69) is 17.1 Å². The van der Waals surface area contributed by atoms with Gasteiger partial charge in [-0.3, -0.25) is 9.69 Å². The number of benzene rings is 1. The molecule has 1 aliphatic rings. The second-order valence-electron chi connectivity index (χ2n) is 6.11. The number of likely N-dealkylation sites (tertiary alicyclic amines) is 1. The normalized spacial score (nSPS) is 17.9. The molecule has 1 atom stereocenters. The van der Waals surface area contributed by atoms with Gasteiger partial charge in [-0.1, -0.05) is 37.3 Å². The number of hydrogen-bond donors (Lipinski definition) is 2. The summed E-state index contributed by atoms with van der Waals surface area (Å²) in [5.41, 5.74) is 0.905. The minimum atomic E-state index is -0.996. The minimum Gasteiger partial charge on any atom is -0.480 e. The highest BCUT2D eigenvalue weighted by Gasteiger charge is 2.23. The van der Waals surface area contributed by atoms with Gasteiger partial charge in [-0.25, -0.2) is 4.79 Å². The highest BCUT2D eigenvalue weighted by Crippen LogP contribution is 2.15. The number of carboxylic acid groups (broad SMARTS) is 1. The third kappa shape index (κ3) is 5.15. The van der Waals surface area contributed by atoms with Crippen LogP contribution in [-0.4, -0.2) is 47.6 Å². The van der Waals surface area contributed by atoms with Crippen molar-refractivity contribution >= 4 is 11.9 Å². The maximum absolute atomic E-state index is 12.1. The van der Waals surface area contributed by atoms with Crippen LogP contribution in [0.2, 0.25) is 0 Å². The van der Waals surface area contributed by atoms with Crippen molar-refractivity contribution in [1.29, 1.82) is 0 Å². The first-order valence-corrected chi connectivity index (χ1v) is 7.83. The van der Waals surface area contributed by atoms with Crippen LogP contribution in [0.3, 0.4) is 0 Å². The first kappa shape index (κ1) is 16.5. The van der Waals surface area contributed by atoms with Crippen LogP contribution < -0.4 is 5.32 Å². The molecule has 22 heavy (non-hydrogen) atoms. The molecule has 5 nitrogen and oxygen atoms in total. The second kappa shape index (κ2) is 7.94. The number of nitrogens with zero attached hydrogens (tertiary/aromatic N) is 1. The summed E-state index contributed by atoms with van der Waals surface area (Å²) in [7, 11) is 0. The molecule has 0 aliphatic carbocycles. The molecule has 2 rings (SSSR count). The van der Waals surface area contributed by atoms with Crippen molar-refractivity contribution in [2.75, 3.05) is 19.6 Å². The number of rotatable bonds is 6. The van der Waals surface area contributed by atoms with Crippen molar-refractivity contribution in [3.8, 4) is 0 Å². The second-order valence-corrected chi connectivity index (χ2v) is 6.11. The van der Waals surface area contributed by atoms with Crippen LogP contribution in [0.5, 0.6) is 0 Å². The zero-order valence-electron chi connectivity index (χ0n) is 13.0. The Morgan fingerprint density at radius 2 is 1.91 bits per heavy atom. The van der Waals surface area contributed by atoms with Crippen molar-refractivity contribution in [3.63, 3.8) is 0 Å². The Bertz CT molecular complexity index is 496. The molecular weight excluding hydrogens is 280 g/mol. The average Bonchev–Trinajstić information content (AvgIpc) is 2.50. The molecule has 1 amide bonds. The molecular formula is C17H24N2O3. The molecule has 0 bridgehead atoms. The average molecular weight is 304 g/mol. The summed E-state index contributed by atoms with van der Waals surface area (Å²) in [6, 6.07) is 8.48. The van der Waals surface area contributed by atoms with E-state index >= 15 is 0 Å². The highest BCUT2D eigenvalue weighted by molar-refractivity contribution is 5.84. The molecule has 0 saturated carbocycles. The molecule has 2 N–H and O–H groups in total. The minimum absolute atomic E-state index is 0.210. The predicted molar refractivity (Wildman–Crippen MR) is 84.6 cm³/mol. The summed E-state index contributed by atoms with van der Waals surface area (Å²) in [6.45, 7) is 4.32. The molecule has 0 spiro atoms. The van der Waals surface area contributed by atoms with Crippen LogP contribution in [0, 0.1) is 5.92 Å². The van der Waals surface area contributed by atoms with Crippen LogP contribution in [0.1, 0.15) is 25.3 Å². The Balaban J connectivity index is 1.85. The van der Waals surface area contributed by atoms with Gasteiger partial charge in [0.05, 0.1) is 6.54 Å². The van der Waals surface area contributed by atoms with E-state index in [1.807, 2.05) is 30.3 Å². The number of piperidine rings is 1. The van der Waals surface area contributed by atoms with Gasteiger partial charge >= 0.3 is 5.97 Å². The molecule has 1 fully saturated rings. The van der Waals surface area contributed by atoms with Gasteiger partial charge in [0, 0.05) is 6.42 Å². The van der Waals surface area contributed by atoms with Crippen LogP contribution in [-0.2, 0) is 16.0 Å². The number of carboxylic acids is 1. The number of amides is 1. The monoisotopic (exact) mass is 304 g/mol. The fourth-order valence-corrected chi connectivity index (χ4v) is 2.71. The Morgan fingerprint density at radius 3 is 2.50 bits per heavy atom. The van der Waals surface area contributed by atoms with Gasteiger partial charge in [-0.05, 0) is 37.4 Å². The molecule has 0 unspecified atom stereocenters. The van der Waals surface area contributed by atoms with E-state index in [1.54, 1.807) is 0 Å². The molecule has 5 heteroatoms. The van der Waals surface area contributed by atoms with Gasteiger partial charge in [0.1, 0.15) is 6.04 Å². The third-order valence-electron chi connectivity index (χ3n) is 4.16. The summed E-state index contributed by atoms with van der Waals surface area (Å²) < 4.78 is 0. The van der Waals surface area contributed by atoms with Crippen molar-refractivity contribution in [3.05, 3.63) is 35.9 Å². The van der Waals surface area contributed by atoms with Crippen LogP contribution >= 0.6 is 0 Å². The zero-order valence-corrected chi connectivity index (χ0v) is 13.0. The summed E-state index contributed by atoms with van der Waals surface area (Å²) in [4.78, 5) is 25.5. The molecule has 1 aromatic carbocycles. The van der Waals surface area contributed by atoms with E-state index in [0.29, 0.717) is 12.3 Å². The number of hydrogen-bond acceptors (Lipinski definition) is 3. The molecule has 1 heterocycles. The van der Waals surface area contributed by atoms with Crippen molar-refractivity contribution < 1.29 is 14.7 Å². The number of nitrogens with one attached hydrogen (secondary N) is 1. The summed E-state index contributed by atoms with van der Waals surface area (Å²) >= 11 is 0. The number of carbonyl (C=O) groups is 2. The van der Waals surface area contributed by atoms with Gasteiger partial charge in [0.25, 0.3) is 0 Å². The van der Waals surface area contributed by atoms with Gasteiger partial charge in [-0.15, -0.1) is 0 Å². The molecule has 120 valence electrons. The van der Waals surface area contributed by atoms with Gasteiger partial charge in [0.2, 0.25) is 5.91 Å². The van der Waals surface area contributed by atoms with Crippen molar-refractivity contribution in [1.82, 2.24) is 10.2 Å². The van der Waals surface area contributed by atoms with E-state index < -0.39 is 12.0 Å². The van der Waals surface area contributed by atoms with Crippen LogP contribution in [0.15, 0.2) is 30.3 Å². The topological polar surface area (TPSA) is 69.6 Å². The van der Waals surface area contributed by atoms with E-state index in [4.69, 9.17) is 0 Å². The van der Waals surface area contributed by atoms with Crippen LogP contribution in [0.25, 0.3) is 0 Å². The fraction of sp³-hybridized carbons (Fsp3) is 0.529. The van der Waals surface area contributed by atoms with Crippen molar-refractivity contribution in [2.45, 2.75) is 32.2 Å². The van der Waals surface area contributed by atoms with E-state index in [-0.39, 0.29) is 12.5 Å². The maximum atomic E-state index is 12.1. The van der Waals surface area contributed by atoms with E-state index in [9.17, 15) is 14.7 Å². The predicted octanol–water partition coefficient (Wildman–Crippen LogP) is 1.53. The molecule has 1 aliphatic heterocycles. The fourth-order valence-electron chi connectivity index (χ4n) is 2.71. The smallest absolute Gasteiger partial charge is 0.326 e. The SMILES string of the molecule is CC1CCN(CC(=O)N[C@@H](Cc2ccccc2)C(=O)O)CC1. The molecule has 1 saturated heterocycles. The van der Waals surface area contributed by atoms with Gasteiger partial charge < -0.3 is 10.4 Å². The lowest BCUT2D eigenvalue weighted by Crippen LogP contribution is -2.47. The molecule has 0 aromatic heterocycles. The Kier molecular flexibility index (Phi) is 5.95. The first-order chi connectivity index (χ1) is 10.5. The lowest BCUT2D eigenvalue weighted by Gasteiger charge is -2.29. The van der Waals surface area contributed by atoms with E-state index in [1.165, 1.54) is 0 Å². The van der Waals surface area contributed by atoms with Gasteiger partial charge in [0.15, 0.2) is 0 Å². The lowest BCUT2D eigenvalue weighted by atomic mass is 9.99. The Hall–Kier alpha value is -1.88. The summed E-state index contributed by atoms with van der Waals surface area (Å²) in [5.74, 6) is -0.494. The number of carbonyl (C=O) groups excluding carboxylic acids is 1. The van der Waals surface area contributed by atoms with Crippen LogP contribution in [0.4, 0.5) is 0 Å². The van der Waals surface area contributed by atoms with Crippen molar-refractivity contribution in [2.24, 2.45) is 5.92 Å². The standard InChI is InChI=1S/C17H24N2O3/c1-13-7-9-19(10-8-13)12-16(20)18-15(17(21)22)11-14-5-3-2-4-6-14/h2-6,13,15H,7-12H2,1H3,(H,18,20)(H,21,22)/t15-/m0/s1. The lowest BCUT2D eigenvalue weighted by molar-refractivity contribution is -0.142. The maximum Gasteiger partial charge on any atom is 0.326 e. The highest BCUT2D eigenvalue weighted by atomic mass is 16.4. The quantitative estimate of drug-likeness (QED) is 0.836. The summed E-state index contributed by atoms with van der Waals surface area (Å²) in [6.07, 6.45) is 2.50. The van der Waals surface area contributed by atoms with E-state index in [0.717, 1.165) is 31.5 Å². The first-order valence-electron chi connectivity index (χ1n) is 7.83. The summed E-state index contributed by atoms with van der Waals surface area (Å²) in [5, 5.41) is 11.9. The molecule has 1 aromatic rings. The van der Waals surface area contributed by atoms with Gasteiger partial charge in [-0.2, -0.15) is 0 Å². The number of aliphatic carboxylic acids is 1. The zero-order chi connectivity index (χ0) is 15.9. The molecule has 0 radical (unpaired) electrons. The Labute approximate surface area is 131 Å².